The second kappa shape index (κ2) is 9.83. The normalized spacial score (nSPS) is 15.1. The van der Waals surface area contributed by atoms with Crippen molar-refractivity contribution in [2.75, 3.05) is 13.2 Å². The molecule has 4 heterocycles. The number of carbonyl (C=O) groups is 1. The Balaban J connectivity index is 1.59. The van der Waals surface area contributed by atoms with Gasteiger partial charge in [0.15, 0.2) is 5.65 Å². The van der Waals surface area contributed by atoms with Crippen molar-refractivity contribution in [3.8, 4) is 22.6 Å². The van der Waals surface area contributed by atoms with E-state index in [9.17, 15) is 9.90 Å². The number of ether oxygens (including phenoxy) is 1. The Labute approximate surface area is 219 Å². The van der Waals surface area contributed by atoms with Gasteiger partial charge in [-0.1, -0.05) is 47.7 Å². The van der Waals surface area contributed by atoms with Gasteiger partial charge >= 0.3 is 5.97 Å². The van der Waals surface area contributed by atoms with Crippen molar-refractivity contribution in [3.05, 3.63) is 83.7 Å². The smallest absolute Gasteiger partial charge is 0.335 e. The minimum Gasteiger partial charge on any atom is -0.478 e. The number of imidazole rings is 1. The molecule has 2 aromatic carbocycles. The molecule has 1 N–H and O–H groups in total. The third kappa shape index (κ3) is 4.24. The molecule has 1 saturated heterocycles. The van der Waals surface area contributed by atoms with Gasteiger partial charge in [0.25, 0.3) is 0 Å². The van der Waals surface area contributed by atoms with Gasteiger partial charge in [0.05, 0.1) is 23.0 Å². The molecule has 1 fully saturated rings. The van der Waals surface area contributed by atoms with Crippen LogP contribution in [0.1, 0.15) is 40.5 Å². The molecule has 1 unspecified atom stereocenters. The highest BCUT2D eigenvalue weighted by molar-refractivity contribution is 5.88. The lowest BCUT2D eigenvalue weighted by atomic mass is 9.86. The van der Waals surface area contributed by atoms with Gasteiger partial charge in [-0.3, -0.25) is 0 Å². The molecular weight excluding hydrogens is 480 g/mol. The molecule has 1 aliphatic rings. The van der Waals surface area contributed by atoms with Crippen LogP contribution in [0.15, 0.2) is 66.9 Å². The summed E-state index contributed by atoms with van der Waals surface area (Å²) in [7, 11) is 1.87. The molecule has 3 aromatic heterocycles. The summed E-state index contributed by atoms with van der Waals surface area (Å²) in [4.78, 5) is 21.6. The molecule has 0 saturated carbocycles. The Kier molecular flexibility index (Phi) is 6.21. The largest absolute Gasteiger partial charge is 0.478 e. The number of rotatable bonds is 6. The average molecular weight is 509 g/mol. The third-order valence-electron chi connectivity index (χ3n) is 7.32. The summed E-state index contributed by atoms with van der Waals surface area (Å²) < 4.78 is 9.69. The zero-order valence-electron chi connectivity index (χ0n) is 21.3. The zero-order chi connectivity index (χ0) is 26.2. The van der Waals surface area contributed by atoms with E-state index in [0.717, 1.165) is 52.3 Å². The molecule has 9 nitrogen and oxygen atoms in total. The summed E-state index contributed by atoms with van der Waals surface area (Å²) in [6, 6.07) is 19.4. The lowest BCUT2D eigenvalue weighted by Crippen LogP contribution is -2.27. The number of nitrogens with zero attached hydrogens (tertiary/aromatic N) is 6. The number of aryl methyl sites for hydroxylation is 2. The number of benzene rings is 2. The van der Waals surface area contributed by atoms with Gasteiger partial charge in [-0.05, 0) is 49.4 Å². The molecule has 9 heteroatoms. The summed E-state index contributed by atoms with van der Waals surface area (Å²) >= 11 is 0. The van der Waals surface area contributed by atoms with Crippen molar-refractivity contribution in [2.24, 2.45) is 13.0 Å². The van der Waals surface area contributed by atoms with Crippen LogP contribution in [0.2, 0.25) is 0 Å². The topological polar surface area (TPSA) is 108 Å². The minimum absolute atomic E-state index is 0.0160. The summed E-state index contributed by atoms with van der Waals surface area (Å²) in [6.45, 7) is 3.36. The maximum atomic E-state index is 11.5. The second-order valence-electron chi connectivity index (χ2n) is 9.71. The number of aromatic nitrogens is 6. The number of fused-ring (bicyclic) bond motifs is 1. The molecule has 0 aliphatic carbocycles. The highest BCUT2D eigenvalue weighted by Crippen LogP contribution is 2.39. The Bertz CT molecular complexity index is 1580. The molecule has 0 radical (unpaired) electrons. The summed E-state index contributed by atoms with van der Waals surface area (Å²) in [5.41, 5.74) is 6.39. The monoisotopic (exact) mass is 508 g/mol. The van der Waals surface area contributed by atoms with E-state index >= 15 is 0 Å². The van der Waals surface area contributed by atoms with Crippen molar-refractivity contribution in [2.45, 2.75) is 25.8 Å². The van der Waals surface area contributed by atoms with Crippen LogP contribution in [0.5, 0.6) is 0 Å². The highest BCUT2D eigenvalue weighted by Gasteiger charge is 2.31. The van der Waals surface area contributed by atoms with Gasteiger partial charge in [0.1, 0.15) is 11.3 Å². The average Bonchev–Trinajstić information content (AvgIpc) is 3.49. The van der Waals surface area contributed by atoms with E-state index in [0.29, 0.717) is 19.1 Å². The molecule has 1 atom stereocenters. The molecule has 5 aromatic rings. The molecule has 6 rings (SSSR count). The van der Waals surface area contributed by atoms with Crippen LogP contribution < -0.4 is 0 Å². The van der Waals surface area contributed by atoms with Crippen LogP contribution in [0.25, 0.3) is 33.8 Å². The number of carboxylic acid groups (broad SMARTS) is 1. The Hall–Kier alpha value is -4.37. The minimum atomic E-state index is -0.958. The number of hydrogen-bond acceptors (Lipinski definition) is 6. The molecule has 0 amide bonds. The fourth-order valence-electron chi connectivity index (χ4n) is 5.51. The molecule has 1 aliphatic heterocycles. The SMILES string of the molecule is Cc1nnn(C)c1-c1cnc2c(c1)nc(-c1ccc(C(=O)O)cc1)n2C(c1ccccc1)C1CCOCC1. The quantitative estimate of drug-likeness (QED) is 0.347. The lowest BCUT2D eigenvalue weighted by molar-refractivity contribution is 0.0548. The van der Waals surface area contributed by atoms with E-state index in [1.807, 2.05) is 44.4 Å². The van der Waals surface area contributed by atoms with E-state index in [2.05, 4.69) is 39.1 Å². The first-order chi connectivity index (χ1) is 18.5. The van der Waals surface area contributed by atoms with E-state index in [4.69, 9.17) is 14.7 Å². The van der Waals surface area contributed by atoms with Crippen LogP contribution in [0.4, 0.5) is 0 Å². The Morgan fingerprint density at radius 2 is 1.79 bits per heavy atom. The molecule has 0 bridgehead atoms. The van der Waals surface area contributed by atoms with Crippen molar-refractivity contribution >= 4 is 17.1 Å². The van der Waals surface area contributed by atoms with Crippen molar-refractivity contribution < 1.29 is 14.6 Å². The summed E-state index contributed by atoms with van der Waals surface area (Å²) in [6.07, 6.45) is 3.71. The Morgan fingerprint density at radius 3 is 2.45 bits per heavy atom. The molecule has 192 valence electrons. The van der Waals surface area contributed by atoms with Crippen LogP contribution in [0, 0.1) is 12.8 Å². The van der Waals surface area contributed by atoms with Gasteiger partial charge in [-0.25, -0.2) is 19.4 Å². The highest BCUT2D eigenvalue weighted by atomic mass is 16.5. The van der Waals surface area contributed by atoms with Gasteiger partial charge in [-0.2, -0.15) is 0 Å². The molecule has 0 spiro atoms. The number of aromatic carboxylic acids is 1. The van der Waals surface area contributed by atoms with Crippen LogP contribution in [0.3, 0.4) is 0 Å². The van der Waals surface area contributed by atoms with Crippen molar-refractivity contribution in [1.29, 1.82) is 0 Å². The molecular formula is C29H28N6O3. The Morgan fingerprint density at radius 1 is 1.05 bits per heavy atom. The maximum absolute atomic E-state index is 11.5. The molecule has 38 heavy (non-hydrogen) atoms. The van der Waals surface area contributed by atoms with Crippen molar-refractivity contribution in [1.82, 2.24) is 29.5 Å². The number of pyridine rings is 1. The number of hydrogen-bond donors (Lipinski definition) is 1. The van der Waals surface area contributed by atoms with E-state index in [1.54, 1.807) is 16.8 Å². The van der Waals surface area contributed by atoms with Crippen molar-refractivity contribution in [3.63, 3.8) is 0 Å². The first-order valence-electron chi connectivity index (χ1n) is 12.7. The predicted octanol–water partition coefficient (Wildman–Crippen LogP) is 4.92. The van der Waals surface area contributed by atoms with Crippen LogP contribution in [-0.2, 0) is 11.8 Å². The van der Waals surface area contributed by atoms with E-state index in [1.165, 1.54) is 5.56 Å². The summed E-state index contributed by atoms with van der Waals surface area (Å²) in [5, 5.41) is 17.8. The summed E-state index contributed by atoms with van der Waals surface area (Å²) in [5.74, 6) is 0.119. The van der Waals surface area contributed by atoms with Gasteiger partial charge in [-0.15, -0.1) is 5.10 Å². The first kappa shape index (κ1) is 24.0. The van der Waals surface area contributed by atoms with Crippen LogP contribution >= 0.6 is 0 Å². The predicted molar refractivity (Wildman–Crippen MR) is 143 cm³/mol. The van der Waals surface area contributed by atoms with Crippen LogP contribution in [-0.4, -0.2) is 53.8 Å². The third-order valence-corrected chi connectivity index (χ3v) is 7.32. The zero-order valence-corrected chi connectivity index (χ0v) is 21.3. The lowest BCUT2D eigenvalue weighted by Gasteiger charge is -2.33. The van der Waals surface area contributed by atoms with Gasteiger partial charge in [0.2, 0.25) is 0 Å². The van der Waals surface area contributed by atoms with Gasteiger partial charge < -0.3 is 14.4 Å². The van der Waals surface area contributed by atoms with E-state index < -0.39 is 5.97 Å². The van der Waals surface area contributed by atoms with Gasteiger partial charge in [0, 0.05) is 37.6 Å². The maximum Gasteiger partial charge on any atom is 0.335 e. The second-order valence-corrected chi connectivity index (χ2v) is 9.71. The first-order valence-corrected chi connectivity index (χ1v) is 12.7. The number of carboxylic acids is 1. The fourth-order valence-corrected chi connectivity index (χ4v) is 5.51. The standard InChI is InChI=1S/C29H28N6O3/c1-18-25(34(2)33-32-18)23-16-24-28(30-17-23)35(27(31-24)21-8-10-22(11-9-21)29(36)37)26(19-6-4-3-5-7-19)20-12-14-38-15-13-20/h3-11,16-17,20,26H,12-15H2,1-2H3,(H,36,37). The van der Waals surface area contributed by atoms with E-state index in [-0.39, 0.29) is 11.6 Å². The fraction of sp³-hybridized carbons (Fsp3) is 0.276.